The van der Waals surface area contributed by atoms with Crippen LogP contribution in [0.25, 0.3) is 5.76 Å². The molecule has 162 valence electrons. The largest absolute Gasteiger partial charge is 0.507 e. The smallest absolute Gasteiger partial charge is 0.303 e. The molecule has 0 saturated carbocycles. The number of ketones is 1. The van der Waals surface area contributed by atoms with Crippen molar-refractivity contribution in [2.45, 2.75) is 31.7 Å². The van der Waals surface area contributed by atoms with E-state index in [1.807, 2.05) is 0 Å². The topological polar surface area (TPSA) is 94.9 Å². The predicted molar refractivity (Wildman–Crippen MR) is 113 cm³/mol. The van der Waals surface area contributed by atoms with E-state index in [1.54, 1.807) is 24.3 Å². The number of rotatable bonds is 8. The van der Waals surface area contributed by atoms with Gasteiger partial charge in [-0.2, -0.15) is 0 Å². The molecule has 2 aromatic carbocycles. The maximum absolute atomic E-state index is 13.5. The van der Waals surface area contributed by atoms with Crippen molar-refractivity contribution in [3.63, 3.8) is 0 Å². The summed E-state index contributed by atoms with van der Waals surface area (Å²) < 4.78 is 13.5. The van der Waals surface area contributed by atoms with Crippen molar-refractivity contribution in [1.82, 2.24) is 4.90 Å². The molecule has 1 aliphatic heterocycles. The van der Waals surface area contributed by atoms with Crippen molar-refractivity contribution in [2.24, 2.45) is 0 Å². The lowest BCUT2D eigenvalue weighted by molar-refractivity contribution is -0.140. The van der Waals surface area contributed by atoms with Gasteiger partial charge in [0.1, 0.15) is 11.6 Å². The van der Waals surface area contributed by atoms with Gasteiger partial charge in [-0.3, -0.25) is 14.4 Å². The van der Waals surface area contributed by atoms with E-state index in [0.29, 0.717) is 35.4 Å². The zero-order valence-corrected chi connectivity index (χ0v) is 17.3. The summed E-state index contributed by atoms with van der Waals surface area (Å²) in [6.07, 6.45) is 1.52. The molecular formula is C23H21ClFNO5. The molecule has 0 spiro atoms. The number of aliphatic hydroxyl groups excluding tert-OH is 1. The fourth-order valence-electron chi connectivity index (χ4n) is 3.60. The van der Waals surface area contributed by atoms with Gasteiger partial charge in [0, 0.05) is 23.6 Å². The third-order valence-electron chi connectivity index (χ3n) is 5.13. The highest BCUT2D eigenvalue weighted by Crippen LogP contribution is 2.39. The van der Waals surface area contributed by atoms with Crippen LogP contribution in [0.1, 0.15) is 42.9 Å². The van der Waals surface area contributed by atoms with Crippen molar-refractivity contribution in [2.75, 3.05) is 6.54 Å². The standard InChI is InChI=1S/C23H21ClFNO5/c24-16-9-5-15(6-10-16)21(29)19-20(14-7-11-17(25)12-8-14)26(23(31)22(19)30)13-3-1-2-4-18(27)28/h5-12,20,29H,1-4,13H2,(H,27,28)/t20-/m1/s1. The fraction of sp³-hybridized carbons (Fsp3) is 0.261. The second kappa shape index (κ2) is 9.75. The van der Waals surface area contributed by atoms with Crippen LogP contribution in [0.15, 0.2) is 54.1 Å². The van der Waals surface area contributed by atoms with Gasteiger partial charge in [-0.15, -0.1) is 0 Å². The van der Waals surface area contributed by atoms with Crippen LogP contribution < -0.4 is 0 Å². The Bertz CT molecular complexity index is 1020. The van der Waals surface area contributed by atoms with E-state index >= 15 is 0 Å². The van der Waals surface area contributed by atoms with Crippen LogP contribution >= 0.6 is 11.6 Å². The van der Waals surface area contributed by atoms with E-state index in [2.05, 4.69) is 0 Å². The van der Waals surface area contributed by atoms with Gasteiger partial charge in [0.15, 0.2) is 0 Å². The van der Waals surface area contributed by atoms with Crippen molar-refractivity contribution < 1.29 is 29.0 Å². The molecule has 1 fully saturated rings. The Balaban J connectivity index is 1.96. The molecule has 1 aliphatic rings. The van der Waals surface area contributed by atoms with E-state index in [0.717, 1.165) is 0 Å². The third kappa shape index (κ3) is 5.11. The molecule has 1 amide bonds. The molecule has 6 nitrogen and oxygen atoms in total. The number of carboxylic acids is 1. The molecule has 0 radical (unpaired) electrons. The third-order valence-corrected chi connectivity index (χ3v) is 5.38. The first kappa shape index (κ1) is 22.5. The van der Waals surface area contributed by atoms with Gasteiger partial charge in [-0.25, -0.2) is 4.39 Å². The van der Waals surface area contributed by atoms with Gasteiger partial charge in [0.25, 0.3) is 11.7 Å². The molecule has 31 heavy (non-hydrogen) atoms. The Kier molecular flexibility index (Phi) is 7.07. The lowest BCUT2D eigenvalue weighted by Gasteiger charge is -2.25. The van der Waals surface area contributed by atoms with E-state index in [9.17, 15) is 23.9 Å². The summed E-state index contributed by atoms with van der Waals surface area (Å²) >= 11 is 5.89. The number of amides is 1. The summed E-state index contributed by atoms with van der Waals surface area (Å²) in [6, 6.07) is 10.7. The normalized spacial score (nSPS) is 17.9. The van der Waals surface area contributed by atoms with Gasteiger partial charge in [0.05, 0.1) is 11.6 Å². The predicted octanol–water partition coefficient (Wildman–Crippen LogP) is 4.55. The zero-order chi connectivity index (χ0) is 22.5. The maximum Gasteiger partial charge on any atom is 0.303 e. The van der Waals surface area contributed by atoms with Crippen LogP contribution in [0.2, 0.25) is 5.02 Å². The Morgan fingerprint density at radius 3 is 2.23 bits per heavy atom. The number of Topliss-reactive ketones (excluding diaryl/α,β-unsaturated/α-hetero) is 1. The lowest BCUT2D eigenvalue weighted by Crippen LogP contribution is -2.30. The van der Waals surface area contributed by atoms with Crippen LogP contribution in [0.4, 0.5) is 4.39 Å². The Hall–Kier alpha value is -3.19. The van der Waals surface area contributed by atoms with Gasteiger partial charge in [0.2, 0.25) is 0 Å². The number of carbonyl (C=O) groups excluding carboxylic acids is 2. The second-order valence-electron chi connectivity index (χ2n) is 7.26. The minimum Gasteiger partial charge on any atom is -0.507 e. The highest BCUT2D eigenvalue weighted by molar-refractivity contribution is 6.46. The number of aliphatic carboxylic acids is 1. The number of nitrogens with zero attached hydrogens (tertiary/aromatic N) is 1. The fourth-order valence-corrected chi connectivity index (χ4v) is 3.73. The minimum atomic E-state index is -0.894. The molecule has 0 bridgehead atoms. The number of hydrogen-bond acceptors (Lipinski definition) is 4. The van der Waals surface area contributed by atoms with Crippen LogP contribution in [-0.4, -0.2) is 39.3 Å². The molecule has 1 saturated heterocycles. The first-order chi connectivity index (χ1) is 14.8. The van der Waals surface area contributed by atoms with Crippen LogP contribution in [0.3, 0.4) is 0 Å². The van der Waals surface area contributed by atoms with Crippen molar-refractivity contribution in [3.8, 4) is 0 Å². The summed E-state index contributed by atoms with van der Waals surface area (Å²) in [5.74, 6) is -3.28. The number of unbranched alkanes of at least 4 members (excludes halogenated alkanes) is 2. The van der Waals surface area contributed by atoms with E-state index in [-0.39, 0.29) is 24.3 Å². The Morgan fingerprint density at radius 1 is 0.968 bits per heavy atom. The molecule has 2 aromatic rings. The molecule has 0 aromatic heterocycles. The number of likely N-dealkylation sites (tertiary alicyclic amines) is 1. The summed E-state index contributed by atoms with van der Waals surface area (Å²) in [6.45, 7) is 0.198. The first-order valence-corrected chi connectivity index (χ1v) is 10.2. The number of hydrogen-bond donors (Lipinski definition) is 2. The molecule has 3 rings (SSSR count). The number of aliphatic hydroxyl groups is 1. The number of halogens is 2. The first-order valence-electron chi connectivity index (χ1n) is 9.81. The second-order valence-corrected chi connectivity index (χ2v) is 7.69. The molecule has 2 N–H and O–H groups in total. The molecule has 0 aliphatic carbocycles. The van der Waals surface area contributed by atoms with Crippen molar-refractivity contribution in [3.05, 3.63) is 76.1 Å². The Morgan fingerprint density at radius 2 is 1.61 bits per heavy atom. The van der Waals surface area contributed by atoms with E-state index in [1.165, 1.54) is 29.2 Å². The number of carboxylic acid groups (broad SMARTS) is 1. The average Bonchev–Trinajstić information content (AvgIpc) is 2.99. The maximum atomic E-state index is 13.5. The highest BCUT2D eigenvalue weighted by atomic mass is 35.5. The quantitative estimate of drug-likeness (QED) is 0.269. The lowest BCUT2D eigenvalue weighted by atomic mass is 9.95. The van der Waals surface area contributed by atoms with Gasteiger partial charge >= 0.3 is 5.97 Å². The van der Waals surface area contributed by atoms with Gasteiger partial charge in [-0.1, -0.05) is 30.2 Å². The van der Waals surface area contributed by atoms with Crippen molar-refractivity contribution >= 4 is 35.0 Å². The van der Waals surface area contributed by atoms with Crippen LogP contribution in [0.5, 0.6) is 0 Å². The SMILES string of the molecule is O=C(O)CCCCCN1C(=O)C(=O)C(=C(O)c2ccc(Cl)cc2)[C@H]1c1ccc(F)cc1. The molecule has 1 heterocycles. The monoisotopic (exact) mass is 445 g/mol. The zero-order valence-electron chi connectivity index (χ0n) is 16.6. The van der Waals surface area contributed by atoms with Crippen LogP contribution in [-0.2, 0) is 14.4 Å². The average molecular weight is 446 g/mol. The molecule has 0 unspecified atom stereocenters. The van der Waals surface area contributed by atoms with Crippen molar-refractivity contribution in [1.29, 1.82) is 0 Å². The number of benzene rings is 2. The number of carbonyl (C=O) groups is 3. The summed E-state index contributed by atoms with van der Waals surface area (Å²) in [4.78, 5) is 37.6. The van der Waals surface area contributed by atoms with Crippen LogP contribution in [0, 0.1) is 5.82 Å². The molecule has 1 atom stereocenters. The highest BCUT2D eigenvalue weighted by Gasteiger charge is 2.45. The molecule has 8 heteroatoms. The van der Waals surface area contributed by atoms with Gasteiger partial charge in [-0.05, 0) is 54.8 Å². The van der Waals surface area contributed by atoms with E-state index in [4.69, 9.17) is 16.7 Å². The van der Waals surface area contributed by atoms with E-state index < -0.39 is 29.5 Å². The minimum absolute atomic E-state index is 0.0246. The molecular weight excluding hydrogens is 425 g/mol. The summed E-state index contributed by atoms with van der Waals surface area (Å²) in [7, 11) is 0. The Labute approximate surface area is 183 Å². The summed E-state index contributed by atoms with van der Waals surface area (Å²) in [5, 5.41) is 20.1. The summed E-state index contributed by atoms with van der Waals surface area (Å²) in [5.41, 5.74) is 0.738. The van der Waals surface area contributed by atoms with Gasteiger partial charge < -0.3 is 15.1 Å².